The Balaban J connectivity index is 2.24. The first-order valence-corrected chi connectivity index (χ1v) is 8.35. The van der Waals surface area contributed by atoms with Gasteiger partial charge in [-0.3, -0.25) is 4.68 Å². The van der Waals surface area contributed by atoms with Crippen LogP contribution in [0.4, 0.5) is 0 Å². The number of rotatable bonds is 5. The zero-order valence-electron chi connectivity index (χ0n) is 13.8. The molecule has 0 saturated heterocycles. The van der Waals surface area contributed by atoms with Crippen LogP contribution in [0.25, 0.3) is 0 Å². The summed E-state index contributed by atoms with van der Waals surface area (Å²) in [7, 11) is 2.04. The molecule has 1 aromatic rings. The van der Waals surface area contributed by atoms with E-state index in [1.807, 2.05) is 11.7 Å². The van der Waals surface area contributed by atoms with Crippen LogP contribution in [0.1, 0.15) is 46.0 Å². The number of halogens is 1. The van der Waals surface area contributed by atoms with Crippen molar-refractivity contribution in [2.24, 2.45) is 23.8 Å². The molecule has 1 atom stereocenters. The van der Waals surface area contributed by atoms with Gasteiger partial charge in [0, 0.05) is 19.5 Å². The highest BCUT2D eigenvalue weighted by molar-refractivity contribution is 9.10. The van der Waals surface area contributed by atoms with Crippen LogP contribution >= 0.6 is 15.9 Å². The Labute approximate surface area is 131 Å². The summed E-state index contributed by atoms with van der Waals surface area (Å²) < 4.78 is 3.19. The van der Waals surface area contributed by atoms with Gasteiger partial charge < -0.3 is 5.32 Å². The minimum absolute atomic E-state index is 0.403. The third-order valence-corrected chi connectivity index (χ3v) is 6.71. The summed E-state index contributed by atoms with van der Waals surface area (Å²) in [6, 6.07) is 0.510. The first-order valence-electron chi connectivity index (χ1n) is 7.56. The van der Waals surface area contributed by atoms with E-state index >= 15 is 0 Å². The molecule has 3 nitrogen and oxygen atoms in total. The topological polar surface area (TPSA) is 29.9 Å². The van der Waals surface area contributed by atoms with E-state index in [1.165, 1.54) is 10.2 Å². The van der Waals surface area contributed by atoms with Crippen LogP contribution in [-0.2, 0) is 13.5 Å². The molecular formula is C16H28BrN3. The summed E-state index contributed by atoms with van der Waals surface area (Å²) in [5.74, 6) is 0.706. The molecule has 1 saturated carbocycles. The summed E-state index contributed by atoms with van der Waals surface area (Å²) in [5.41, 5.74) is 3.18. The highest BCUT2D eigenvalue weighted by Gasteiger charge is 2.66. The summed E-state index contributed by atoms with van der Waals surface area (Å²) in [5, 5.41) is 8.22. The highest BCUT2D eigenvalue weighted by atomic mass is 79.9. The Bertz CT molecular complexity index is 488. The number of nitrogens with zero attached hydrogens (tertiary/aromatic N) is 2. The summed E-state index contributed by atoms with van der Waals surface area (Å²) >= 11 is 3.70. The van der Waals surface area contributed by atoms with Gasteiger partial charge in [0.2, 0.25) is 0 Å². The molecule has 1 N–H and O–H groups in total. The first kappa shape index (κ1) is 16.0. The minimum atomic E-state index is 0.403. The van der Waals surface area contributed by atoms with Gasteiger partial charge in [0.25, 0.3) is 0 Å². The predicted molar refractivity (Wildman–Crippen MR) is 87.9 cm³/mol. The lowest BCUT2D eigenvalue weighted by Crippen LogP contribution is -2.36. The average Bonchev–Trinajstić information content (AvgIpc) is 2.60. The van der Waals surface area contributed by atoms with Gasteiger partial charge in [-0.2, -0.15) is 5.10 Å². The van der Waals surface area contributed by atoms with Crippen molar-refractivity contribution >= 4 is 15.9 Å². The van der Waals surface area contributed by atoms with Gasteiger partial charge in [0.05, 0.1) is 15.9 Å². The number of hydrogen-bond donors (Lipinski definition) is 1. The first-order chi connectivity index (χ1) is 9.14. The Hall–Kier alpha value is -0.350. The number of aryl methyl sites for hydroxylation is 2. The van der Waals surface area contributed by atoms with E-state index in [4.69, 9.17) is 0 Å². The second kappa shape index (κ2) is 5.13. The number of aromatic nitrogens is 2. The van der Waals surface area contributed by atoms with Crippen molar-refractivity contribution in [2.75, 3.05) is 6.54 Å². The lowest BCUT2D eigenvalue weighted by molar-refractivity contribution is 0.395. The lowest BCUT2D eigenvalue weighted by Gasteiger charge is -2.20. The Morgan fingerprint density at radius 3 is 2.20 bits per heavy atom. The summed E-state index contributed by atoms with van der Waals surface area (Å²) in [6.45, 7) is 14.8. The van der Waals surface area contributed by atoms with E-state index in [-0.39, 0.29) is 0 Å². The average molecular weight is 342 g/mol. The maximum atomic E-state index is 4.52. The van der Waals surface area contributed by atoms with E-state index in [1.54, 1.807) is 0 Å². The zero-order valence-corrected chi connectivity index (χ0v) is 15.4. The van der Waals surface area contributed by atoms with Crippen molar-refractivity contribution in [3.63, 3.8) is 0 Å². The third-order valence-electron chi connectivity index (χ3n) is 5.68. The van der Waals surface area contributed by atoms with Crippen molar-refractivity contribution in [1.29, 1.82) is 0 Å². The predicted octanol–water partition coefficient (Wildman–Crippen LogP) is 3.69. The van der Waals surface area contributed by atoms with Crippen LogP contribution in [0.15, 0.2) is 4.47 Å². The van der Waals surface area contributed by atoms with Gasteiger partial charge in [-0.05, 0) is 46.1 Å². The van der Waals surface area contributed by atoms with Crippen LogP contribution in [0.5, 0.6) is 0 Å². The fraction of sp³-hybridized carbons (Fsp3) is 0.812. The maximum Gasteiger partial charge on any atom is 0.0738 e. The molecule has 1 heterocycles. The monoisotopic (exact) mass is 341 g/mol. The van der Waals surface area contributed by atoms with Crippen LogP contribution in [0.3, 0.4) is 0 Å². The number of hydrogen-bond acceptors (Lipinski definition) is 2. The normalized spacial score (nSPS) is 22.0. The highest BCUT2D eigenvalue weighted by Crippen LogP contribution is 2.69. The molecule has 1 unspecified atom stereocenters. The summed E-state index contributed by atoms with van der Waals surface area (Å²) in [4.78, 5) is 0. The molecule has 0 aromatic carbocycles. The third kappa shape index (κ3) is 2.35. The Morgan fingerprint density at radius 2 is 1.85 bits per heavy atom. The largest absolute Gasteiger partial charge is 0.314 e. The van der Waals surface area contributed by atoms with Crippen LogP contribution in [0.2, 0.25) is 0 Å². The van der Waals surface area contributed by atoms with E-state index in [0.29, 0.717) is 22.8 Å². The van der Waals surface area contributed by atoms with Gasteiger partial charge in [0.15, 0.2) is 0 Å². The van der Waals surface area contributed by atoms with E-state index in [2.05, 4.69) is 67.9 Å². The van der Waals surface area contributed by atoms with Crippen LogP contribution in [0, 0.1) is 23.7 Å². The number of likely N-dealkylation sites (N-methyl/N-ethyl adjacent to an activating group) is 1. The molecule has 4 heteroatoms. The molecule has 1 aliphatic rings. The molecule has 2 rings (SSSR count). The Kier molecular flexibility index (Phi) is 4.11. The molecular weight excluding hydrogens is 314 g/mol. The van der Waals surface area contributed by atoms with Gasteiger partial charge in [0.1, 0.15) is 0 Å². The standard InChI is InChI=1S/C16H28BrN3/c1-8-18-11(14-15(3,4)16(14,5)6)9-12-13(17)10(2)19-20(12)7/h11,14,18H,8-9H2,1-7H3. The molecule has 1 aromatic heterocycles. The van der Waals surface area contributed by atoms with Crippen molar-refractivity contribution in [3.05, 3.63) is 15.9 Å². The maximum absolute atomic E-state index is 4.52. The lowest BCUT2D eigenvalue weighted by atomic mass is 9.99. The van der Waals surface area contributed by atoms with Crippen molar-refractivity contribution in [2.45, 2.75) is 54.0 Å². The molecule has 0 aliphatic heterocycles. The Morgan fingerprint density at radius 1 is 1.30 bits per heavy atom. The van der Waals surface area contributed by atoms with Gasteiger partial charge in [-0.25, -0.2) is 0 Å². The molecule has 0 bridgehead atoms. The van der Waals surface area contributed by atoms with Gasteiger partial charge >= 0.3 is 0 Å². The van der Waals surface area contributed by atoms with Crippen molar-refractivity contribution in [3.8, 4) is 0 Å². The fourth-order valence-electron chi connectivity index (χ4n) is 3.93. The van der Waals surface area contributed by atoms with Crippen LogP contribution < -0.4 is 5.32 Å². The van der Waals surface area contributed by atoms with Crippen molar-refractivity contribution in [1.82, 2.24) is 15.1 Å². The quantitative estimate of drug-likeness (QED) is 0.884. The number of nitrogens with one attached hydrogen (secondary N) is 1. The van der Waals surface area contributed by atoms with E-state index < -0.39 is 0 Å². The molecule has 1 aliphatic carbocycles. The molecule has 0 amide bonds. The van der Waals surface area contributed by atoms with Gasteiger partial charge in [-0.15, -0.1) is 0 Å². The van der Waals surface area contributed by atoms with Crippen LogP contribution in [-0.4, -0.2) is 22.4 Å². The summed E-state index contributed by atoms with van der Waals surface area (Å²) in [6.07, 6.45) is 1.03. The molecule has 20 heavy (non-hydrogen) atoms. The smallest absolute Gasteiger partial charge is 0.0738 e. The molecule has 0 radical (unpaired) electrons. The van der Waals surface area contributed by atoms with E-state index in [9.17, 15) is 0 Å². The minimum Gasteiger partial charge on any atom is -0.314 e. The second-order valence-electron chi connectivity index (χ2n) is 7.26. The molecule has 0 spiro atoms. The second-order valence-corrected chi connectivity index (χ2v) is 8.05. The van der Waals surface area contributed by atoms with Gasteiger partial charge in [-0.1, -0.05) is 34.6 Å². The zero-order chi connectivity index (χ0) is 15.3. The van der Waals surface area contributed by atoms with Crippen molar-refractivity contribution < 1.29 is 0 Å². The SMILES string of the molecule is CCNC(Cc1c(Br)c(C)nn1C)C1C(C)(C)C1(C)C. The van der Waals surface area contributed by atoms with E-state index in [0.717, 1.165) is 18.7 Å². The molecule has 1 fully saturated rings. The molecule has 114 valence electrons. The fourth-order valence-corrected chi connectivity index (χ4v) is 4.43.